The van der Waals surface area contributed by atoms with E-state index in [4.69, 9.17) is 18.6 Å². The summed E-state index contributed by atoms with van der Waals surface area (Å²) in [6.07, 6.45) is 0.804. The van der Waals surface area contributed by atoms with Crippen LogP contribution in [0.15, 0.2) is 60.7 Å². The Morgan fingerprint density at radius 2 is 1.50 bits per heavy atom. The molecule has 0 saturated carbocycles. The normalized spacial score (nSPS) is 26.4. The Balaban J connectivity index is 1.62. The highest BCUT2D eigenvalue weighted by Gasteiger charge is 2.53. The van der Waals surface area contributed by atoms with Crippen LogP contribution in [0.25, 0.3) is 0 Å². The lowest BCUT2D eigenvalue weighted by molar-refractivity contribution is -0.160. The third-order valence-corrected chi connectivity index (χ3v) is 11.2. The molecule has 30 heavy (non-hydrogen) atoms. The van der Waals surface area contributed by atoms with Crippen LogP contribution in [0.5, 0.6) is 0 Å². The molecule has 5 heteroatoms. The van der Waals surface area contributed by atoms with Crippen molar-refractivity contribution in [2.45, 2.75) is 63.6 Å². The predicted octanol–water partition coefficient (Wildman–Crippen LogP) is 3.87. The summed E-state index contributed by atoms with van der Waals surface area (Å²) in [6, 6.07) is 21.5. The molecule has 0 bridgehead atoms. The van der Waals surface area contributed by atoms with Crippen LogP contribution in [0.3, 0.4) is 0 Å². The predicted molar refractivity (Wildman–Crippen MR) is 122 cm³/mol. The molecule has 2 fully saturated rings. The highest BCUT2D eigenvalue weighted by Crippen LogP contribution is 2.41. The van der Waals surface area contributed by atoms with Crippen LogP contribution in [-0.2, 0) is 18.6 Å². The largest absolute Gasteiger partial charge is 0.405 e. The van der Waals surface area contributed by atoms with Crippen molar-refractivity contribution in [2.24, 2.45) is 0 Å². The molecule has 0 unspecified atom stereocenters. The summed E-state index contributed by atoms with van der Waals surface area (Å²) < 4.78 is 25.2. The first-order valence-corrected chi connectivity index (χ1v) is 12.8. The SMILES string of the molecule is CC1(C)OC[C@@]2(CO[C@H](CO[Si](c3ccccc3)(c3ccccc3)C(C)(C)C)C2)O1. The van der Waals surface area contributed by atoms with Gasteiger partial charge < -0.3 is 18.6 Å². The Morgan fingerprint density at radius 1 is 0.933 bits per heavy atom. The van der Waals surface area contributed by atoms with E-state index in [1.807, 2.05) is 13.8 Å². The van der Waals surface area contributed by atoms with Crippen molar-refractivity contribution in [3.63, 3.8) is 0 Å². The van der Waals surface area contributed by atoms with Crippen molar-refractivity contribution >= 4 is 18.7 Å². The van der Waals surface area contributed by atoms with E-state index in [-0.39, 0.29) is 16.7 Å². The molecular formula is C25H34O4Si. The Hall–Kier alpha value is -1.50. The Bertz CT molecular complexity index is 807. The van der Waals surface area contributed by atoms with Gasteiger partial charge >= 0.3 is 0 Å². The molecule has 162 valence electrons. The average Bonchev–Trinajstić information content (AvgIpc) is 3.24. The molecule has 2 atom stereocenters. The number of hydrogen-bond acceptors (Lipinski definition) is 4. The van der Waals surface area contributed by atoms with Crippen molar-refractivity contribution in [2.75, 3.05) is 19.8 Å². The number of ether oxygens (including phenoxy) is 3. The summed E-state index contributed by atoms with van der Waals surface area (Å²) in [5.74, 6) is -0.545. The van der Waals surface area contributed by atoms with Gasteiger partial charge in [0.1, 0.15) is 5.60 Å². The maximum Gasteiger partial charge on any atom is 0.261 e. The van der Waals surface area contributed by atoms with Crippen LogP contribution in [0.2, 0.25) is 5.04 Å². The van der Waals surface area contributed by atoms with Gasteiger partial charge in [0.2, 0.25) is 0 Å². The van der Waals surface area contributed by atoms with E-state index >= 15 is 0 Å². The van der Waals surface area contributed by atoms with Gasteiger partial charge in [-0.25, -0.2) is 0 Å². The summed E-state index contributed by atoms with van der Waals surface area (Å²) >= 11 is 0. The molecule has 0 aromatic heterocycles. The maximum atomic E-state index is 7.02. The van der Waals surface area contributed by atoms with Crippen molar-refractivity contribution in [1.82, 2.24) is 0 Å². The number of rotatable bonds is 5. The average molecular weight is 427 g/mol. The zero-order chi connectivity index (χ0) is 21.5. The molecule has 2 saturated heterocycles. The van der Waals surface area contributed by atoms with E-state index < -0.39 is 14.1 Å². The molecule has 2 aliphatic rings. The second-order valence-corrected chi connectivity index (χ2v) is 14.4. The lowest BCUT2D eigenvalue weighted by Gasteiger charge is -2.43. The van der Waals surface area contributed by atoms with E-state index in [2.05, 4.69) is 81.4 Å². The van der Waals surface area contributed by atoms with Gasteiger partial charge in [-0.3, -0.25) is 0 Å². The first kappa shape index (κ1) is 21.7. The van der Waals surface area contributed by atoms with Crippen molar-refractivity contribution in [3.05, 3.63) is 60.7 Å². The second kappa shape index (κ2) is 7.88. The van der Waals surface area contributed by atoms with Gasteiger partial charge in [-0.2, -0.15) is 0 Å². The molecule has 0 radical (unpaired) electrons. The highest BCUT2D eigenvalue weighted by molar-refractivity contribution is 6.99. The van der Waals surface area contributed by atoms with Gasteiger partial charge in [0.15, 0.2) is 5.79 Å². The fraction of sp³-hybridized carbons (Fsp3) is 0.520. The standard InChI is InChI=1S/C25H34O4Si/c1-23(2,3)30(21-12-8-6-9-13-21,22-14-10-7-11-15-22)28-17-20-16-25(18-26-20)19-27-24(4,5)29-25/h6-15,20H,16-19H2,1-5H3/t20-,25+/m0/s1. The van der Waals surface area contributed by atoms with E-state index in [9.17, 15) is 0 Å². The minimum Gasteiger partial charge on any atom is -0.405 e. The third-order valence-electron chi connectivity index (χ3n) is 6.23. The van der Waals surface area contributed by atoms with Gasteiger partial charge in [-0.15, -0.1) is 0 Å². The summed E-state index contributed by atoms with van der Waals surface area (Å²) in [6.45, 7) is 12.5. The van der Waals surface area contributed by atoms with Gasteiger partial charge in [-0.1, -0.05) is 81.4 Å². The van der Waals surface area contributed by atoms with Crippen LogP contribution in [0.4, 0.5) is 0 Å². The Kier molecular flexibility index (Phi) is 5.70. The van der Waals surface area contributed by atoms with Crippen LogP contribution in [0.1, 0.15) is 41.0 Å². The van der Waals surface area contributed by atoms with Crippen LogP contribution < -0.4 is 10.4 Å². The third kappa shape index (κ3) is 4.02. The molecule has 0 aliphatic carbocycles. The monoisotopic (exact) mass is 426 g/mol. The van der Waals surface area contributed by atoms with Gasteiger partial charge in [0.25, 0.3) is 8.32 Å². The molecule has 2 aromatic rings. The molecule has 0 N–H and O–H groups in total. The zero-order valence-corrected chi connectivity index (χ0v) is 19.8. The van der Waals surface area contributed by atoms with Gasteiger partial charge in [-0.05, 0) is 29.3 Å². The maximum absolute atomic E-state index is 7.02. The molecule has 0 amide bonds. The molecule has 2 aliphatic heterocycles. The summed E-state index contributed by atoms with van der Waals surface area (Å²) in [5, 5.41) is 2.54. The molecule has 1 spiro atoms. The van der Waals surface area contributed by atoms with Gasteiger partial charge in [0.05, 0.1) is 25.9 Å². The fourth-order valence-electron chi connectivity index (χ4n) is 4.95. The van der Waals surface area contributed by atoms with Crippen LogP contribution >= 0.6 is 0 Å². The van der Waals surface area contributed by atoms with Crippen molar-refractivity contribution < 1.29 is 18.6 Å². The minimum absolute atomic E-state index is 0.00384. The summed E-state index contributed by atoms with van der Waals surface area (Å²) in [4.78, 5) is 0. The molecule has 2 aromatic carbocycles. The van der Waals surface area contributed by atoms with Crippen LogP contribution in [0, 0.1) is 0 Å². The molecule has 4 rings (SSSR count). The zero-order valence-electron chi connectivity index (χ0n) is 18.8. The smallest absolute Gasteiger partial charge is 0.261 e. The first-order valence-electron chi connectivity index (χ1n) is 10.9. The van der Waals surface area contributed by atoms with Crippen LogP contribution in [-0.4, -0.2) is 45.6 Å². The Labute approximate surface area is 181 Å². The van der Waals surface area contributed by atoms with E-state index in [1.54, 1.807) is 0 Å². The number of hydrogen-bond donors (Lipinski definition) is 0. The van der Waals surface area contributed by atoms with E-state index in [0.717, 1.165) is 6.42 Å². The van der Waals surface area contributed by atoms with E-state index in [0.29, 0.717) is 19.8 Å². The second-order valence-electron chi connectivity index (χ2n) is 10.1. The van der Waals surface area contributed by atoms with Gasteiger partial charge in [0, 0.05) is 6.42 Å². The molecule has 2 heterocycles. The topological polar surface area (TPSA) is 36.9 Å². The summed E-state index contributed by atoms with van der Waals surface area (Å²) in [5.41, 5.74) is -0.344. The fourth-order valence-corrected chi connectivity index (χ4v) is 9.54. The van der Waals surface area contributed by atoms with Crippen molar-refractivity contribution in [3.8, 4) is 0 Å². The van der Waals surface area contributed by atoms with E-state index in [1.165, 1.54) is 10.4 Å². The van der Waals surface area contributed by atoms with Crippen molar-refractivity contribution in [1.29, 1.82) is 0 Å². The minimum atomic E-state index is -2.55. The first-order chi connectivity index (χ1) is 14.2. The number of benzene rings is 2. The molecular weight excluding hydrogens is 392 g/mol. The lowest BCUT2D eigenvalue weighted by Crippen LogP contribution is -2.67. The highest BCUT2D eigenvalue weighted by atomic mass is 28.4. The quantitative estimate of drug-likeness (QED) is 0.680. The lowest BCUT2D eigenvalue weighted by atomic mass is 10.0. The Morgan fingerprint density at radius 3 is 1.97 bits per heavy atom. The summed E-state index contributed by atoms with van der Waals surface area (Å²) in [7, 11) is -2.55. The molecule has 4 nitrogen and oxygen atoms in total.